The molecule has 19 heavy (non-hydrogen) atoms. The molecule has 7 nitrogen and oxygen atoms in total. The van der Waals surface area contributed by atoms with E-state index in [1.165, 1.54) is 5.01 Å². The van der Waals surface area contributed by atoms with Crippen LogP contribution in [0.3, 0.4) is 0 Å². The molecule has 1 atom stereocenters. The highest BCUT2D eigenvalue weighted by Gasteiger charge is 2.30. The lowest BCUT2D eigenvalue weighted by molar-refractivity contribution is -0.117. The minimum atomic E-state index is -0.189. The first-order chi connectivity index (χ1) is 9.19. The Labute approximate surface area is 109 Å². The van der Waals surface area contributed by atoms with Gasteiger partial charge in [-0.1, -0.05) is 6.07 Å². The first-order valence-corrected chi connectivity index (χ1v) is 5.93. The number of anilines is 1. The highest BCUT2D eigenvalue weighted by atomic mass is 16.5. The number of fused-ring (bicyclic) bond motifs is 1. The third-order valence-corrected chi connectivity index (χ3v) is 3.04. The Morgan fingerprint density at radius 1 is 1.42 bits per heavy atom. The molecule has 0 N–H and O–H groups in total. The molecule has 98 valence electrons. The lowest BCUT2D eigenvalue weighted by Crippen LogP contribution is -2.21. The molecule has 7 heteroatoms. The molecular formula is C12H13N5O2. The lowest BCUT2D eigenvalue weighted by Gasteiger charge is -2.06. The van der Waals surface area contributed by atoms with E-state index >= 15 is 0 Å². The fourth-order valence-corrected chi connectivity index (χ4v) is 1.88. The van der Waals surface area contributed by atoms with Crippen molar-refractivity contribution in [3.05, 3.63) is 24.4 Å². The van der Waals surface area contributed by atoms with E-state index in [1.54, 1.807) is 17.8 Å². The number of nitrogens with zero attached hydrogens (tertiary/aromatic N) is 5. The first kappa shape index (κ1) is 11.8. The van der Waals surface area contributed by atoms with Crippen molar-refractivity contribution in [1.29, 1.82) is 0 Å². The van der Waals surface area contributed by atoms with Crippen LogP contribution in [0.25, 0.3) is 5.65 Å². The maximum Gasteiger partial charge on any atom is 0.273 e. The molecule has 3 heterocycles. The third-order valence-electron chi connectivity index (χ3n) is 3.04. The molecule has 1 unspecified atom stereocenters. The number of hydrazone groups is 1. The fraction of sp³-hybridized carbons (Fsp3) is 0.333. The van der Waals surface area contributed by atoms with Crippen LogP contribution in [0.1, 0.15) is 13.3 Å². The summed E-state index contributed by atoms with van der Waals surface area (Å²) in [6.07, 6.45) is 1.82. The summed E-state index contributed by atoms with van der Waals surface area (Å²) in [7, 11) is 1.59. The van der Waals surface area contributed by atoms with Gasteiger partial charge in [0.2, 0.25) is 0 Å². The normalized spacial score (nSPS) is 17.1. The molecule has 1 aliphatic rings. The number of rotatable bonds is 3. The molecular weight excluding hydrogens is 246 g/mol. The molecule has 0 spiro atoms. The second kappa shape index (κ2) is 4.43. The standard InChI is InChI=1S/C12H13N5O2/c1-8(19-2)9-7-11(18)17(14-9)12-13-10-5-3-4-6-16(10)15-12/h3-6,8H,7H2,1-2H3. The smallest absolute Gasteiger partial charge is 0.273 e. The average Bonchev–Trinajstić information content (AvgIpc) is 3.00. The molecule has 0 saturated heterocycles. The summed E-state index contributed by atoms with van der Waals surface area (Å²) in [5.74, 6) is 0.143. The Bertz CT molecular complexity index is 630. The molecule has 1 aliphatic heterocycles. The summed E-state index contributed by atoms with van der Waals surface area (Å²) in [5, 5.41) is 9.70. The Morgan fingerprint density at radius 3 is 3.00 bits per heavy atom. The lowest BCUT2D eigenvalue weighted by atomic mass is 10.2. The Kier molecular flexibility index (Phi) is 2.75. The number of carbonyl (C=O) groups is 1. The van der Waals surface area contributed by atoms with Crippen molar-refractivity contribution in [2.24, 2.45) is 5.10 Å². The van der Waals surface area contributed by atoms with E-state index in [4.69, 9.17) is 4.74 Å². The molecule has 3 rings (SSSR count). The molecule has 0 aromatic carbocycles. The van der Waals surface area contributed by atoms with Crippen LogP contribution >= 0.6 is 0 Å². The summed E-state index contributed by atoms with van der Waals surface area (Å²) in [6.45, 7) is 1.85. The monoisotopic (exact) mass is 259 g/mol. The van der Waals surface area contributed by atoms with Gasteiger partial charge in [-0.3, -0.25) is 4.79 Å². The van der Waals surface area contributed by atoms with Crippen molar-refractivity contribution in [3.63, 3.8) is 0 Å². The van der Waals surface area contributed by atoms with E-state index in [0.29, 0.717) is 11.4 Å². The largest absolute Gasteiger partial charge is 0.376 e. The minimum Gasteiger partial charge on any atom is -0.376 e. The average molecular weight is 259 g/mol. The number of methoxy groups -OCH3 is 1. The van der Waals surface area contributed by atoms with Crippen molar-refractivity contribution in [2.75, 3.05) is 12.1 Å². The van der Waals surface area contributed by atoms with Crippen LogP contribution in [0, 0.1) is 0 Å². The van der Waals surface area contributed by atoms with E-state index in [9.17, 15) is 4.79 Å². The minimum absolute atomic E-state index is 0.144. The number of pyridine rings is 1. The first-order valence-electron chi connectivity index (χ1n) is 5.93. The van der Waals surface area contributed by atoms with E-state index in [-0.39, 0.29) is 24.4 Å². The molecule has 1 amide bonds. The molecule has 0 radical (unpaired) electrons. The molecule has 0 saturated carbocycles. The van der Waals surface area contributed by atoms with Gasteiger partial charge in [0.25, 0.3) is 11.9 Å². The Hall–Kier alpha value is -2.28. The molecule has 2 aromatic heterocycles. The number of hydrogen-bond acceptors (Lipinski definition) is 5. The van der Waals surface area contributed by atoms with Gasteiger partial charge in [-0.05, 0) is 19.1 Å². The maximum atomic E-state index is 11.9. The number of aromatic nitrogens is 3. The van der Waals surface area contributed by atoms with Crippen molar-refractivity contribution >= 4 is 23.2 Å². The predicted molar refractivity (Wildman–Crippen MR) is 69.0 cm³/mol. The molecule has 0 bridgehead atoms. The summed E-state index contributed by atoms with van der Waals surface area (Å²) in [4.78, 5) is 16.2. The van der Waals surface area contributed by atoms with Gasteiger partial charge < -0.3 is 4.74 Å². The quantitative estimate of drug-likeness (QED) is 0.819. The van der Waals surface area contributed by atoms with Crippen molar-refractivity contribution < 1.29 is 9.53 Å². The number of amides is 1. The van der Waals surface area contributed by atoms with Gasteiger partial charge in [-0.2, -0.15) is 15.1 Å². The van der Waals surface area contributed by atoms with E-state index in [0.717, 1.165) is 0 Å². The van der Waals surface area contributed by atoms with Crippen molar-refractivity contribution in [2.45, 2.75) is 19.4 Å². The van der Waals surface area contributed by atoms with Crippen LogP contribution in [0.4, 0.5) is 5.95 Å². The van der Waals surface area contributed by atoms with Gasteiger partial charge in [0.15, 0.2) is 5.65 Å². The Morgan fingerprint density at radius 2 is 2.26 bits per heavy atom. The van der Waals surface area contributed by atoms with Gasteiger partial charge in [0, 0.05) is 13.3 Å². The van der Waals surface area contributed by atoms with Crippen molar-refractivity contribution in [3.8, 4) is 0 Å². The third kappa shape index (κ3) is 1.97. The molecule has 0 fully saturated rings. The summed E-state index contributed by atoms with van der Waals surface area (Å²) >= 11 is 0. The van der Waals surface area contributed by atoms with Gasteiger partial charge in [0.1, 0.15) is 0 Å². The van der Waals surface area contributed by atoms with Crippen LogP contribution in [-0.4, -0.2) is 39.4 Å². The zero-order valence-corrected chi connectivity index (χ0v) is 10.6. The second-order valence-electron chi connectivity index (χ2n) is 4.27. The maximum absolute atomic E-state index is 11.9. The zero-order valence-electron chi connectivity index (χ0n) is 10.6. The Balaban J connectivity index is 1.97. The number of ether oxygens (including phenoxy) is 1. The van der Waals surface area contributed by atoms with Gasteiger partial charge >= 0.3 is 0 Å². The predicted octanol–water partition coefficient (Wildman–Crippen LogP) is 0.857. The van der Waals surface area contributed by atoms with Crippen LogP contribution in [-0.2, 0) is 9.53 Å². The molecule has 2 aromatic rings. The van der Waals surface area contributed by atoms with Gasteiger partial charge in [-0.25, -0.2) is 4.52 Å². The highest BCUT2D eigenvalue weighted by molar-refractivity contribution is 6.13. The van der Waals surface area contributed by atoms with Crippen LogP contribution in [0.2, 0.25) is 0 Å². The zero-order chi connectivity index (χ0) is 13.4. The summed E-state index contributed by atoms with van der Waals surface area (Å²) in [5.41, 5.74) is 1.36. The SMILES string of the molecule is COC(C)C1=NN(c2nc3ccccn3n2)C(=O)C1. The number of carbonyl (C=O) groups excluding carboxylic acids is 1. The fourth-order valence-electron chi connectivity index (χ4n) is 1.88. The van der Waals surface area contributed by atoms with Crippen LogP contribution in [0.5, 0.6) is 0 Å². The van der Waals surface area contributed by atoms with E-state index < -0.39 is 0 Å². The van der Waals surface area contributed by atoms with E-state index in [2.05, 4.69) is 15.2 Å². The topological polar surface area (TPSA) is 72.1 Å². The van der Waals surface area contributed by atoms with Crippen molar-refractivity contribution in [1.82, 2.24) is 14.6 Å². The van der Waals surface area contributed by atoms with Crippen LogP contribution < -0.4 is 5.01 Å². The van der Waals surface area contributed by atoms with Gasteiger partial charge in [-0.15, -0.1) is 5.10 Å². The summed E-state index contributed by atoms with van der Waals surface area (Å²) < 4.78 is 6.78. The van der Waals surface area contributed by atoms with Crippen LogP contribution in [0.15, 0.2) is 29.5 Å². The number of hydrogen-bond donors (Lipinski definition) is 0. The van der Waals surface area contributed by atoms with E-state index in [1.807, 2.05) is 25.1 Å². The highest BCUT2D eigenvalue weighted by Crippen LogP contribution is 2.19. The second-order valence-corrected chi connectivity index (χ2v) is 4.27. The molecule has 0 aliphatic carbocycles. The van der Waals surface area contributed by atoms with Gasteiger partial charge in [0.05, 0.1) is 18.2 Å². The summed E-state index contributed by atoms with van der Waals surface area (Å²) in [6, 6.07) is 5.53.